The fraction of sp³-hybridized carbons (Fsp3) is 0.462. The van der Waals surface area contributed by atoms with Crippen molar-refractivity contribution in [2.75, 3.05) is 13.2 Å². The summed E-state index contributed by atoms with van der Waals surface area (Å²) in [5.41, 5.74) is 0.964. The highest BCUT2D eigenvalue weighted by atomic mass is 19.1. The molecule has 0 aliphatic carbocycles. The molecule has 0 radical (unpaired) electrons. The minimum Gasteiger partial charge on any atom is -0.394 e. The van der Waals surface area contributed by atoms with Crippen LogP contribution in [0.5, 0.6) is 0 Å². The fourth-order valence-electron chi connectivity index (χ4n) is 1.48. The zero-order valence-electron chi connectivity index (χ0n) is 10.4. The van der Waals surface area contributed by atoms with Gasteiger partial charge in [0, 0.05) is 6.54 Å². The van der Waals surface area contributed by atoms with Gasteiger partial charge >= 0.3 is 6.03 Å². The average molecular weight is 254 g/mol. The van der Waals surface area contributed by atoms with E-state index >= 15 is 0 Å². The van der Waals surface area contributed by atoms with Crippen LogP contribution >= 0.6 is 0 Å². The van der Waals surface area contributed by atoms with Crippen molar-refractivity contribution < 1.29 is 14.3 Å². The Balaban J connectivity index is 2.25. The second-order valence-corrected chi connectivity index (χ2v) is 4.06. The summed E-state index contributed by atoms with van der Waals surface area (Å²) in [6.07, 6.45) is 1.32. The number of nitrogens with one attached hydrogen (secondary N) is 2. The van der Waals surface area contributed by atoms with E-state index in [0.717, 1.165) is 5.56 Å². The normalized spacial score (nSPS) is 11.9. The molecule has 2 amide bonds. The van der Waals surface area contributed by atoms with Gasteiger partial charge in [-0.1, -0.05) is 19.1 Å². The number of hydrogen-bond donors (Lipinski definition) is 3. The van der Waals surface area contributed by atoms with E-state index in [4.69, 9.17) is 5.11 Å². The van der Waals surface area contributed by atoms with Crippen LogP contribution in [0.25, 0.3) is 0 Å². The van der Waals surface area contributed by atoms with Gasteiger partial charge in [0.1, 0.15) is 5.82 Å². The average Bonchev–Trinajstić information content (AvgIpc) is 2.38. The summed E-state index contributed by atoms with van der Waals surface area (Å²) < 4.78 is 12.7. The van der Waals surface area contributed by atoms with Gasteiger partial charge in [-0.3, -0.25) is 0 Å². The first-order chi connectivity index (χ1) is 8.65. The summed E-state index contributed by atoms with van der Waals surface area (Å²) in [4.78, 5) is 11.4. The van der Waals surface area contributed by atoms with Crippen molar-refractivity contribution >= 4 is 6.03 Å². The molecule has 0 spiro atoms. The molecule has 4 nitrogen and oxygen atoms in total. The van der Waals surface area contributed by atoms with Crippen LogP contribution in [0.15, 0.2) is 24.3 Å². The van der Waals surface area contributed by atoms with Crippen LogP contribution in [0.3, 0.4) is 0 Å². The molecule has 0 aromatic heterocycles. The first-order valence-corrected chi connectivity index (χ1v) is 6.05. The summed E-state index contributed by atoms with van der Waals surface area (Å²) in [6, 6.07) is 5.67. The third-order valence-electron chi connectivity index (χ3n) is 2.66. The molecule has 0 aliphatic heterocycles. The van der Waals surface area contributed by atoms with Crippen molar-refractivity contribution in [2.45, 2.75) is 25.8 Å². The number of carbonyl (C=O) groups is 1. The molecule has 100 valence electrons. The molecule has 0 bridgehead atoms. The van der Waals surface area contributed by atoms with Crippen LogP contribution in [0.1, 0.15) is 18.9 Å². The Labute approximate surface area is 106 Å². The lowest BCUT2D eigenvalue weighted by Crippen LogP contribution is -2.44. The Bertz CT molecular complexity index is 364. The quantitative estimate of drug-likeness (QED) is 0.719. The van der Waals surface area contributed by atoms with Gasteiger partial charge in [0.15, 0.2) is 0 Å². The van der Waals surface area contributed by atoms with Crippen LogP contribution in [-0.2, 0) is 6.42 Å². The van der Waals surface area contributed by atoms with Gasteiger partial charge in [-0.2, -0.15) is 0 Å². The maximum Gasteiger partial charge on any atom is 0.315 e. The Morgan fingerprint density at radius 1 is 1.39 bits per heavy atom. The molecule has 1 atom stereocenters. The fourth-order valence-corrected chi connectivity index (χ4v) is 1.48. The van der Waals surface area contributed by atoms with E-state index < -0.39 is 0 Å². The van der Waals surface area contributed by atoms with E-state index in [1.165, 1.54) is 12.1 Å². The second kappa shape index (κ2) is 7.66. The lowest BCUT2D eigenvalue weighted by Gasteiger charge is -2.14. The van der Waals surface area contributed by atoms with Crippen molar-refractivity contribution in [3.05, 3.63) is 35.6 Å². The maximum atomic E-state index is 12.7. The van der Waals surface area contributed by atoms with E-state index in [9.17, 15) is 9.18 Å². The molecule has 18 heavy (non-hydrogen) atoms. The van der Waals surface area contributed by atoms with Crippen LogP contribution in [0.2, 0.25) is 0 Å². The predicted molar refractivity (Wildman–Crippen MR) is 67.8 cm³/mol. The van der Waals surface area contributed by atoms with Gasteiger partial charge in [-0.05, 0) is 30.5 Å². The molecule has 0 saturated heterocycles. The van der Waals surface area contributed by atoms with E-state index in [1.54, 1.807) is 12.1 Å². The third-order valence-corrected chi connectivity index (χ3v) is 2.66. The van der Waals surface area contributed by atoms with E-state index in [0.29, 0.717) is 19.4 Å². The molecular formula is C13H19FN2O2. The van der Waals surface area contributed by atoms with Gasteiger partial charge in [0.05, 0.1) is 12.6 Å². The Kier molecular flexibility index (Phi) is 6.14. The Morgan fingerprint density at radius 3 is 2.61 bits per heavy atom. The SMILES string of the molecule is CC[C@@H](CO)NC(=O)NCCc1ccc(F)cc1. The van der Waals surface area contributed by atoms with E-state index in [2.05, 4.69) is 10.6 Å². The topological polar surface area (TPSA) is 61.4 Å². The Hall–Kier alpha value is -1.62. The number of benzene rings is 1. The molecule has 0 unspecified atom stereocenters. The largest absolute Gasteiger partial charge is 0.394 e. The maximum absolute atomic E-state index is 12.7. The summed E-state index contributed by atoms with van der Waals surface area (Å²) in [5.74, 6) is -0.266. The number of urea groups is 1. The minimum absolute atomic E-state index is 0.0676. The molecule has 1 aromatic carbocycles. The van der Waals surface area contributed by atoms with Gasteiger partial charge in [0.25, 0.3) is 0 Å². The monoisotopic (exact) mass is 254 g/mol. The van der Waals surface area contributed by atoms with Gasteiger partial charge in [0.2, 0.25) is 0 Å². The summed E-state index contributed by atoms with van der Waals surface area (Å²) in [6.45, 7) is 2.29. The lowest BCUT2D eigenvalue weighted by atomic mass is 10.1. The highest BCUT2D eigenvalue weighted by molar-refractivity contribution is 5.74. The van der Waals surface area contributed by atoms with E-state index in [1.807, 2.05) is 6.92 Å². The second-order valence-electron chi connectivity index (χ2n) is 4.06. The third kappa shape index (κ3) is 5.14. The molecule has 0 fully saturated rings. The summed E-state index contributed by atoms with van der Waals surface area (Å²) in [5, 5.41) is 14.3. The number of halogens is 1. The molecule has 3 N–H and O–H groups in total. The number of hydrogen-bond acceptors (Lipinski definition) is 2. The predicted octanol–water partition coefficient (Wildman–Crippen LogP) is 1.44. The first-order valence-electron chi connectivity index (χ1n) is 6.05. The Morgan fingerprint density at radius 2 is 2.06 bits per heavy atom. The first kappa shape index (κ1) is 14.4. The number of aliphatic hydroxyl groups excluding tert-OH is 1. The molecule has 0 saturated carbocycles. The lowest BCUT2D eigenvalue weighted by molar-refractivity contribution is 0.214. The molecule has 5 heteroatoms. The van der Waals surface area contributed by atoms with Crippen LogP contribution in [-0.4, -0.2) is 30.3 Å². The molecular weight excluding hydrogens is 235 g/mol. The van der Waals surface area contributed by atoms with Crippen molar-refractivity contribution in [3.8, 4) is 0 Å². The summed E-state index contributed by atoms with van der Waals surface area (Å²) >= 11 is 0. The van der Waals surface area contributed by atoms with E-state index in [-0.39, 0.29) is 24.5 Å². The zero-order valence-corrected chi connectivity index (χ0v) is 10.4. The number of carbonyl (C=O) groups excluding carboxylic acids is 1. The van der Waals surface area contributed by atoms with Crippen LogP contribution < -0.4 is 10.6 Å². The van der Waals surface area contributed by atoms with Crippen molar-refractivity contribution in [3.63, 3.8) is 0 Å². The summed E-state index contributed by atoms with van der Waals surface area (Å²) in [7, 11) is 0. The molecule has 1 rings (SSSR count). The smallest absolute Gasteiger partial charge is 0.315 e. The number of aliphatic hydroxyl groups is 1. The van der Waals surface area contributed by atoms with Gasteiger partial charge < -0.3 is 15.7 Å². The number of amides is 2. The minimum atomic E-state index is -0.294. The van der Waals surface area contributed by atoms with Gasteiger partial charge in [-0.15, -0.1) is 0 Å². The highest BCUT2D eigenvalue weighted by Gasteiger charge is 2.07. The van der Waals surface area contributed by atoms with Crippen molar-refractivity contribution in [1.82, 2.24) is 10.6 Å². The van der Waals surface area contributed by atoms with Crippen molar-refractivity contribution in [2.24, 2.45) is 0 Å². The molecule has 0 aliphatic rings. The zero-order chi connectivity index (χ0) is 13.4. The molecule has 0 heterocycles. The van der Waals surface area contributed by atoms with Gasteiger partial charge in [-0.25, -0.2) is 9.18 Å². The van der Waals surface area contributed by atoms with Crippen LogP contribution in [0, 0.1) is 5.82 Å². The van der Waals surface area contributed by atoms with Crippen molar-refractivity contribution in [1.29, 1.82) is 0 Å². The van der Waals surface area contributed by atoms with Crippen LogP contribution in [0.4, 0.5) is 9.18 Å². The molecule has 1 aromatic rings. The highest BCUT2D eigenvalue weighted by Crippen LogP contribution is 2.02. The number of rotatable bonds is 6. The standard InChI is InChI=1S/C13H19FN2O2/c1-2-12(9-17)16-13(18)15-8-7-10-3-5-11(14)6-4-10/h3-6,12,17H,2,7-9H2,1H3,(H2,15,16,18)/t12-/m0/s1.